The molecule has 0 saturated carbocycles. The Bertz CT molecular complexity index is 417. The molecule has 0 unspecified atom stereocenters. The standard InChI is InChI=1S/C14H15NTe2/c1-16-13-7-3-11(4-8-13)15-12-5-9-14(17-2)10-6-12/h3-10,15H,1-2H3. The molecule has 2 aromatic rings. The molecule has 0 amide bonds. The summed E-state index contributed by atoms with van der Waals surface area (Å²) >= 11 is 0.0889. The zero-order valence-electron chi connectivity index (χ0n) is 9.94. The van der Waals surface area contributed by atoms with E-state index < -0.39 is 0 Å². The topological polar surface area (TPSA) is 12.0 Å². The van der Waals surface area contributed by atoms with Gasteiger partial charge in [-0.25, -0.2) is 0 Å². The van der Waals surface area contributed by atoms with Crippen LogP contribution in [0, 0.1) is 0 Å². The van der Waals surface area contributed by atoms with Crippen molar-refractivity contribution in [1.82, 2.24) is 0 Å². The second-order valence-electron chi connectivity index (χ2n) is 3.58. The normalized spacial score (nSPS) is 10.2. The van der Waals surface area contributed by atoms with E-state index in [-0.39, 0.29) is 41.8 Å². The van der Waals surface area contributed by atoms with Gasteiger partial charge in [-0.2, -0.15) is 0 Å². The Balaban J connectivity index is 2.08. The van der Waals surface area contributed by atoms with Gasteiger partial charge in [-0.15, -0.1) is 0 Å². The number of hydrogen-bond donors (Lipinski definition) is 1. The Morgan fingerprint density at radius 2 is 1.00 bits per heavy atom. The van der Waals surface area contributed by atoms with Gasteiger partial charge < -0.3 is 0 Å². The summed E-state index contributed by atoms with van der Waals surface area (Å²) in [5, 5.41) is 3.44. The molecule has 0 fully saturated rings. The summed E-state index contributed by atoms with van der Waals surface area (Å²) in [6, 6.07) is 17.6. The van der Waals surface area contributed by atoms with Crippen LogP contribution in [0.3, 0.4) is 0 Å². The van der Waals surface area contributed by atoms with Gasteiger partial charge >= 0.3 is 124 Å². The molecule has 88 valence electrons. The summed E-state index contributed by atoms with van der Waals surface area (Å²) in [7, 11) is 0. The molecule has 0 aliphatic rings. The maximum atomic E-state index is 3.44. The van der Waals surface area contributed by atoms with E-state index in [1.54, 1.807) is 0 Å². The number of nitrogens with one attached hydrogen (secondary N) is 1. The van der Waals surface area contributed by atoms with Gasteiger partial charge in [0.2, 0.25) is 0 Å². The number of hydrogen-bond acceptors (Lipinski definition) is 1. The van der Waals surface area contributed by atoms with Crippen molar-refractivity contribution in [3.05, 3.63) is 48.5 Å². The Labute approximate surface area is 123 Å². The van der Waals surface area contributed by atoms with Crippen LogP contribution in [0.25, 0.3) is 0 Å². The summed E-state index contributed by atoms with van der Waals surface area (Å²) in [5.41, 5.74) is 2.35. The van der Waals surface area contributed by atoms with Gasteiger partial charge in [0.15, 0.2) is 0 Å². The van der Waals surface area contributed by atoms with Crippen molar-refractivity contribution in [1.29, 1.82) is 0 Å². The Morgan fingerprint density at radius 1 is 0.647 bits per heavy atom. The Hall–Kier alpha value is -0.181. The number of benzene rings is 2. The van der Waals surface area contributed by atoms with Gasteiger partial charge in [-0.1, -0.05) is 0 Å². The average molecular weight is 452 g/mol. The fourth-order valence-electron chi connectivity index (χ4n) is 1.52. The van der Waals surface area contributed by atoms with Crippen LogP contribution in [-0.4, -0.2) is 41.8 Å². The summed E-state index contributed by atoms with van der Waals surface area (Å²) < 4.78 is 3.01. The van der Waals surface area contributed by atoms with Gasteiger partial charge in [0.25, 0.3) is 0 Å². The Kier molecular flexibility index (Phi) is 5.20. The van der Waals surface area contributed by atoms with Gasteiger partial charge in [0.05, 0.1) is 0 Å². The molecule has 0 spiro atoms. The van der Waals surface area contributed by atoms with Crippen LogP contribution in [0.1, 0.15) is 0 Å². The van der Waals surface area contributed by atoms with Gasteiger partial charge in [0, 0.05) is 0 Å². The van der Waals surface area contributed by atoms with Crippen LogP contribution in [-0.2, 0) is 0 Å². The molecule has 0 aliphatic heterocycles. The first-order valence-electron chi connectivity index (χ1n) is 5.37. The molecule has 2 rings (SSSR count). The quantitative estimate of drug-likeness (QED) is 0.702. The maximum absolute atomic E-state index is 3.44. The molecule has 0 atom stereocenters. The van der Waals surface area contributed by atoms with E-state index in [4.69, 9.17) is 0 Å². The van der Waals surface area contributed by atoms with Crippen molar-refractivity contribution in [2.75, 3.05) is 5.32 Å². The molecule has 0 aromatic heterocycles. The third-order valence-electron chi connectivity index (χ3n) is 2.47. The van der Waals surface area contributed by atoms with Crippen LogP contribution in [0.5, 0.6) is 0 Å². The molecule has 0 aliphatic carbocycles. The van der Waals surface area contributed by atoms with Crippen molar-refractivity contribution in [2.45, 2.75) is 9.94 Å². The second-order valence-corrected chi connectivity index (χ2v) is 8.60. The van der Waals surface area contributed by atoms with Gasteiger partial charge in [0.1, 0.15) is 0 Å². The molecule has 17 heavy (non-hydrogen) atoms. The summed E-state index contributed by atoms with van der Waals surface area (Å²) in [6.07, 6.45) is 0. The van der Waals surface area contributed by atoms with Gasteiger partial charge in [-0.05, 0) is 0 Å². The van der Waals surface area contributed by atoms with Crippen LogP contribution in [0.4, 0.5) is 11.4 Å². The monoisotopic (exact) mass is 457 g/mol. The van der Waals surface area contributed by atoms with Crippen molar-refractivity contribution in [3.63, 3.8) is 0 Å². The molecular formula is C14H15NTe2. The molecule has 3 heteroatoms. The van der Waals surface area contributed by atoms with Crippen LogP contribution >= 0.6 is 0 Å². The first kappa shape index (κ1) is 13.3. The van der Waals surface area contributed by atoms with Gasteiger partial charge in [-0.3, -0.25) is 0 Å². The zero-order chi connectivity index (χ0) is 12.1. The third-order valence-corrected chi connectivity index (χ3v) is 6.71. The van der Waals surface area contributed by atoms with Crippen LogP contribution in [0.15, 0.2) is 48.5 Å². The summed E-state index contributed by atoms with van der Waals surface area (Å²) in [5.74, 6) is 0. The molecule has 0 radical (unpaired) electrons. The van der Waals surface area contributed by atoms with Crippen LogP contribution in [0.2, 0.25) is 9.94 Å². The van der Waals surface area contributed by atoms with E-state index in [0.717, 1.165) is 0 Å². The molecule has 1 nitrogen and oxygen atoms in total. The second kappa shape index (κ2) is 6.67. The van der Waals surface area contributed by atoms with E-state index in [2.05, 4.69) is 63.8 Å². The molecule has 2 aromatic carbocycles. The number of anilines is 2. The van der Waals surface area contributed by atoms with E-state index in [0.29, 0.717) is 0 Å². The SMILES string of the molecule is C[Te]c1ccc(Nc2ccc([Te]C)cc2)cc1. The van der Waals surface area contributed by atoms with Crippen molar-refractivity contribution >= 4 is 60.4 Å². The molecule has 0 saturated heterocycles. The van der Waals surface area contributed by atoms with Crippen molar-refractivity contribution < 1.29 is 0 Å². The van der Waals surface area contributed by atoms with E-state index in [1.807, 2.05) is 0 Å². The van der Waals surface area contributed by atoms with E-state index in [1.165, 1.54) is 18.6 Å². The minimum atomic E-state index is 0.0445. The third kappa shape index (κ3) is 3.90. The van der Waals surface area contributed by atoms with Crippen molar-refractivity contribution in [2.24, 2.45) is 0 Å². The summed E-state index contributed by atoms with van der Waals surface area (Å²) in [4.78, 5) is 4.61. The molecule has 0 heterocycles. The zero-order valence-corrected chi connectivity index (χ0v) is 14.6. The predicted molar refractivity (Wildman–Crippen MR) is 78.7 cm³/mol. The fraction of sp³-hybridized carbons (Fsp3) is 0.143. The van der Waals surface area contributed by atoms with E-state index in [9.17, 15) is 0 Å². The predicted octanol–water partition coefficient (Wildman–Crippen LogP) is 2.19. The van der Waals surface area contributed by atoms with E-state index >= 15 is 0 Å². The number of rotatable bonds is 4. The first-order valence-corrected chi connectivity index (χ1v) is 12.4. The molecule has 0 bridgehead atoms. The average Bonchev–Trinajstić information content (AvgIpc) is 2.40. The van der Waals surface area contributed by atoms with Crippen LogP contribution < -0.4 is 12.5 Å². The summed E-state index contributed by atoms with van der Waals surface area (Å²) in [6.45, 7) is 0. The fourth-order valence-corrected chi connectivity index (χ4v) is 3.85. The molecule has 1 N–H and O–H groups in total. The molecular weight excluding hydrogens is 437 g/mol. The minimum absolute atomic E-state index is 0.0445. The first-order chi connectivity index (χ1) is 8.31. The van der Waals surface area contributed by atoms with Crippen molar-refractivity contribution in [3.8, 4) is 0 Å². The Morgan fingerprint density at radius 3 is 1.29 bits per heavy atom.